The normalized spacial score (nSPS) is 8.86. The fourth-order valence-electron chi connectivity index (χ4n) is 1.18. The molecule has 0 aliphatic rings. The molecule has 0 spiro atoms. The van der Waals surface area contributed by atoms with Gasteiger partial charge in [-0.2, -0.15) is 0 Å². The van der Waals surface area contributed by atoms with E-state index >= 15 is 0 Å². The van der Waals surface area contributed by atoms with E-state index in [-0.39, 0.29) is 0 Å². The van der Waals surface area contributed by atoms with Crippen LogP contribution in [0.2, 0.25) is 0 Å². The number of rotatable bonds is 1. The highest BCUT2D eigenvalue weighted by molar-refractivity contribution is 5.98. The Kier molecular flexibility index (Phi) is 4.70. The molecule has 4 N–H and O–H groups in total. The molecular formula is C11H18N2O. The smallest absolute Gasteiger partial charge is 0.250 e. The van der Waals surface area contributed by atoms with Crippen LogP contribution in [0.25, 0.3) is 0 Å². The molecule has 14 heavy (non-hydrogen) atoms. The second-order valence-electron chi connectivity index (χ2n) is 2.91. The fourth-order valence-corrected chi connectivity index (χ4v) is 1.18. The van der Waals surface area contributed by atoms with E-state index in [1.165, 1.54) is 0 Å². The van der Waals surface area contributed by atoms with Gasteiger partial charge in [0, 0.05) is 5.69 Å². The van der Waals surface area contributed by atoms with Gasteiger partial charge in [0.05, 0.1) is 5.56 Å². The Morgan fingerprint density at radius 3 is 2.14 bits per heavy atom. The summed E-state index contributed by atoms with van der Waals surface area (Å²) in [6.07, 6.45) is 0. The predicted molar refractivity (Wildman–Crippen MR) is 60.2 cm³/mol. The highest BCUT2D eigenvalue weighted by Gasteiger charge is 2.07. The molecule has 0 aromatic heterocycles. The molecule has 0 radical (unpaired) electrons. The largest absolute Gasteiger partial charge is 0.398 e. The van der Waals surface area contributed by atoms with E-state index in [4.69, 9.17) is 11.5 Å². The van der Waals surface area contributed by atoms with Crippen LogP contribution in [0.3, 0.4) is 0 Å². The van der Waals surface area contributed by atoms with E-state index in [2.05, 4.69) is 0 Å². The first-order chi connectivity index (χ1) is 6.52. The van der Waals surface area contributed by atoms with Crippen LogP contribution in [0, 0.1) is 13.8 Å². The maximum atomic E-state index is 10.9. The number of amides is 1. The monoisotopic (exact) mass is 194 g/mol. The van der Waals surface area contributed by atoms with Crippen LogP contribution in [0.4, 0.5) is 5.69 Å². The van der Waals surface area contributed by atoms with Crippen molar-refractivity contribution in [3.05, 3.63) is 28.8 Å². The van der Waals surface area contributed by atoms with Gasteiger partial charge in [0.15, 0.2) is 0 Å². The van der Waals surface area contributed by atoms with Crippen LogP contribution in [0.1, 0.15) is 35.3 Å². The Balaban J connectivity index is 0.000000791. The molecule has 0 aliphatic heterocycles. The zero-order valence-corrected chi connectivity index (χ0v) is 9.22. The number of hydrogen-bond acceptors (Lipinski definition) is 2. The number of aryl methyl sites for hydroxylation is 2. The summed E-state index contributed by atoms with van der Waals surface area (Å²) in [7, 11) is 0. The molecule has 0 aliphatic carbocycles. The molecule has 1 amide bonds. The second kappa shape index (κ2) is 5.27. The minimum absolute atomic E-state index is 0.410. The van der Waals surface area contributed by atoms with Crippen molar-refractivity contribution >= 4 is 11.6 Å². The molecule has 3 heteroatoms. The maximum absolute atomic E-state index is 10.9. The average Bonchev–Trinajstić information content (AvgIpc) is 2.14. The molecule has 0 atom stereocenters. The number of nitrogens with two attached hydrogens (primary N) is 2. The highest BCUT2D eigenvalue weighted by atomic mass is 16.1. The van der Waals surface area contributed by atoms with E-state index in [0.29, 0.717) is 11.3 Å². The Morgan fingerprint density at radius 1 is 1.21 bits per heavy atom. The predicted octanol–water partition coefficient (Wildman–Crippen LogP) is 2.01. The molecule has 1 rings (SSSR count). The molecule has 0 heterocycles. The van der Waals surface area contributed by atoms with E-state index in [0.717, 1.165) is 11.1 Å². The average molecular weight is 194 g/mol. The quantitative estimate of drug-likeness (QED) is 0.671. The topological polar surface area (TPSA) is 69.1 Å². The van der Waals surface area contributed by atoms with Crippen LogP contribution in [0.15, 0.2) is 12.1 Å². The molecule has 0 saturated heterocycles. The van der Waals surface area contributed by atoms with Crippen molar-refractivity contribution in [2.24, 2.45) is 5.73 Å². The van der Waals surface area contributed by atoms with Crippen molar-refractivity contribution in [3.8, 4) is 0 Å². The first kappa shape index (κ1) is 12.5. The molecular weight excluding hydrogens is 176 g/mol. The highest BCUT2D eigenvalue weighted by Crippen LogP contribution is 2.18. The molecule has 0 unspecified atom stereocenters. The van der Waals surface area contributed by atoms with Gasteiger partial charge in [0.25, 0.3) is 5.91 Å². The Morgan fingerprint density at radius 2 is 1.71 bits per heavy atom. The SMILES string of the molecule is CC.Cc1cc(C)c(N)c(C(N)=O)c1. The van der Waals surface area contributed by atoms with Crippen molar-refractivity contribution in [2.75, 3.05) is 5.73 Å². The number of hydrogen-bond donors (Lipinski definition) is 2. The lowest BCUT2D eigenvalue weighted by atomic mass is 10.0. The van der Waals surface area contributed by atoms with Crippen molar-refractivity contribution in [2.45, 2.75) is 27.7 Å². The third-order valence-corrected chi connectivity index (χ3v) is 1.80. The molecule has 0 bridgehead atoms. The minimum atomic E-state index is -0.473. The number of carbonyl (C=O) groups excluding carboxylic acids is 1. The van der Waals surface area contributed by atoms with Gasteiger partial charge in [-0.15, -0.1) is 0 Å². The Bertz CT molecular complexity index is 332. The van der Waals surface area contributed by atoms with Gasteiger partial charge in [-0.25, -0.2) is 0 Å². The van der Waals surface area contributed by atoms with Crippen LogP contribution >= 0.6 is 0 Å². The van der Waals surface area contributed by atoms with Crippen molar-refractivity contribution in [1.29, 1.82) is 0 Å². The van der Waals surface area contributed by atoms with Crippen LogP contribution in [0.5, 0.6) is 0 Å². The van der Waals surface area contributed by atoms with Crippen LogP contribution in [-0.2, 0) is 0 Å². The van der Waals surface area contributed by atoms with E-state index in [1.807, 2.05) is 33.8 Å². The first-order valence-electron chi connectivity index (χ1n) is 4.69. The number of nitrogen functional groups attached to an aromatic ring is 1. The van der Waals surface area contributed by atoms with Gasteiger partial charge in [0.1, 0.15) is 0 Å². The van der Waals surface area contributed by atoms with Gasteiger partial charge in [-0.3, -0.25) is 4.79 Å². The Labute approximate surface area is 85.1 Å². The fraction of sp³-hybridized carbons (Fsp3) is 0.364. The van der Waals surface area contributed by atoms with Crippen molar-refractivity contribution < 1.29 is 4.79 Å². The molecule has 3 nitrogen and oxygen atoms in total. The third-order valence-electron chi connectivity index (χ3n) is 1.80. The van der Waals surface area contributed by atoms with E-state index in [1.54, 1.807) is 6.07 Å². The molecule has 0 saturated carbocycles. The van der Waals surface area contributed by atoms with Gasteiger partial charge in [0.2, 0.25) is 0 Å². The summed E-state index contributed by atoms with van der Waals surface area (Å²) < 4.78 is 0. The molecule has 0 fully saturated rings. The van der Waals surface area contributed by atoms with Crippen LogP contribution < -0.4 is 11.5 Å². The number of carbonyl (C=O) groups is 1. The van der Waals surface area contributed by atoms with Crippen molar-refractivity contribution in [3.63, 3.8) is 0 Å². The van der Waals surface area contributed by atoms with Crippen LogP contribution in [-0.4, -0.2) is 5.91 Å². The standard InChI is InChI=1S/C9H12N2O.C2H6/c1-5-3-6(2)8(10)7(4-5)9(11)12;1-2/h3-4H,10H2,1-2H3,(H2,11,12);1-2H3. The van der Waals surface area contributed by atoms with Gasteiger partial charge in [-0.05, 0) is 31.0 Å². The second-order valence-corrected chi connectivity index (χ2v) is 2.91. The lowest BCUT2D eigenvalue weighted by molar-refractivity contribution is 0.100. The van der Waals surface area contributed by atoms with Crippen molar-refractivity contribution in [1.82, 2.24) is 0 Å². The lowest BCUT2D eigenvalue weighted by Crippen LogP contribution is -2.14. The number of anilines is 1. The zero-order valence-electron chi connectivity index (χ0n) is 9.22. The first-order valence-corrected chi connectivity index (χ1v) is 4.69. The molecule has 78 valence electrons. The summed E-state index contributed by atoms with van der Waals surface area (Å²) >= 11 is 0. The number of benzene rings is 1. The summed E-state index contributed by atoms with van der Waals surface area (Å²) in [5.74, 6) is -0.473. The van der Waals surface area contributed by atoms with Gasteiger partial charge >= 0.3 is 0 Å². The zero-order chi connectivity index (χ0) is 11.3. The minimum Gasteiger partial charge on any atom is -0.398 e. The maximum Gasteiger partial charge on any atom is 0.250 e. The van der Waals surface area contributed by atoms with E-state index < -0.39 is 5.91 Å². The van der Waals surface area contributed by atoms with Gasteiger partial charge in [-0.1, -0.05) is 19.9 Å². The molecule has 1 aromatic rings. The molecule has 1 aromatic carbocycles. The Hall–Kier alpha value is -1.51. The summed E-state index contributed by atoms with van der Waals surface area (Å²) in [6, 6.07) is 3.62. The van der Waals surface area contributed by atoms with E-state index in [9.17, 15) is 4.79 Å². The van der Waals surface area contributed by atoms with Gasteiger partial charge < -0.3 is 11.5 Å². The summed E-state index contributed by atoms with van der Waals surface area (Å²) in [5, 5.41) is 0. The third kappa shape index (κ3) is 2.76. The summed E-state index contributed by atoms with van der Waals surface area (Å²) in [4.78, 5) is 10.9. The lowest BCUT2D eigenvalue weighted by Gasteiger charge is -2.06. The number of primary amides is 1. The summed E-state index contributed by atoms with van der Waals surface area (Å²) in [6.45, 7) is 7.76. The summed E-state index contributed by atoms with van der Waals surface area (Å²) in [5.41, 5.74) is 13.6.